The predicted molar refractivity (Wildman–Crippen MR) is 79.6 cm³/mol. The second-order valence-corrected chi connectivity index (χ2v) is 5.88. The van der Waals surface area contributed by atoms with Crippen molar-refractivity contribution in [2.45, 2.75) is 33.1 Å². The van der Waals surface area contributed by atoms with Crippen LogP contribution in [0.4, 0.5) is 0 Å². The third-order valence-electron chi connectivity index (χ3n) is 4.11. The molecule has 2 nitrogen and oxygen atoms in total. The molecule has 1 aromatic carbocycles. The highest BCUT2D eigenvalue weighted by molar-refractivity contribution is 6.18. The van der Waals surface area contributed by atoms with Gasteiger partial charge in [0.2, 0.25) is 5.91 Å². The molecule has 0 unspecified atom stereocenters. The summed E-state index contributed by atoms with van der Waals surface area (Å²) in [5.41, 5.74) is 3.65. The maximum absolute atomic E-state index is 12.3. The molecule has 0 N–H and O–H groups in total. The van der Waals surface area contributed by atoms with E-state index >= 15 is 0 Å². The molecule has 3 heteroatoms. The Hall–Kier alpha value is -1.02. The summed E-state index contributed by atoms with van der Waals surface area (Å²) in [7, 11) is 0. The Bertz CT molecular complexity index is 450. The van der Waals surface area contributed by atoms with Crippen molar-refractivity contribution in [2.75, 3.05) is 19.0 Å². The fourth-order valence-electron chi connectivity index (χ4n) is 2.54. The number of halogens is 1. The second-order valence-electron chi connectivity index (χ2n) is 5.57. The van der Waals surface area contributed by atoms with Crippen LogP contribution in [0.2, 0.25) is 0 Å². The van der Waals surface area contributed by atoms with E-state index in [9.17, 15) is 4.79 Å². The average Bonchev–Trinajstić information content (AvgIpc) is 2.43. The van der Waals surface area contributed by atoms with Gasteiger partial charge < -0.3 is 4.90 Å². The van der Waals surface area contributed by atoms with Crippen LogP contribution in [0.15, 0.2) is 18.2 Å². The van der Waals surface area contributed by atoms with Crippen molar-refractivity contribution < 1.29 is 4.79 Å². The van der Waals surface area contributed by atoms with Gasteiger partial charge in [-0.3, -0.25) is 4.79 Å². The van der Waals surface area contributed by atoms with Crippen LogP contribution in [0.1, 0.15) is 29.5 Å². The van der Waals surface area contributed by atoms with Gasteiger partial charge in [-0.05, 0) is 49.3 Å². The lowest BCUT2D eigenvalue weighted by Crippen LogP contribution is -2.39. The number of nitrogens with zero attached hydrogens (tertiary/aromatic N) is 1. The molecule has 2 rings (SSSR count). The van der Waals surface area contributed by atoms with Crippen LogP contribution >= 0.6 is 11.6 Å². The Morgan fingerprint density at radius 2 is 1.95 bits per heavy atom. The van der Waals surface area contributed by atoms with E-state index in [0.717, 1.165) is 37.4 Å². The minimum absolute atomic E-state index is 0.247. The summed E-state index contributed by atoms with van der Waals surface area (Å²) in [4.78, 5) is 14.2. The number of aryl methyl sites for hydroxylation is 2. The van der Waals surface area contributed by atoms with E-state index in [2.05, 4.69) is 32.0 Å². The molecule has 1 aromatic rings. The number of likely N-dealkylation sites (tertiary alicyclic amines) is 1. The molecule has 1 heterocycles. The number of amides is 1. The van der Waals surface area contributed by atoms with Gasteiger partial charge in [-0.15, -0.1) is 11.6 Å². The van der Waals surface area contributed by atoms with E-state index in [-0.39, 0.29) is 5.91 Å². The second kappa shape index (κ2) is 6.42. The summed E-state index contributed by atoms with van der Waals surface area (Å²) in [6.45, 7) is 5.91. The number of carbonyl (C=O) groups is 1. The Morgan fingerprint density at radius 3 is 2.53 bits per heavy atom. The summed E-state index contributed by atoms with van der Waals surface area (Å²) < 4.78 is 0. The lowest BCUT2D eigenvalue weighted by molar-refractivity contribution is -0.131. The Kier molecular flexibility index (Phi) is 4.87. The summed E-state index contributed by atoms with van der Waals surface area (Å²) >= 11 is 5.87. The van der Waals surface area contributed by atoms with Gasteiger partial charge >= 0.3 is 0 Å². The standard InChI is InChI=1S/C16H22ClNO/c1-12-3-4-15(9-13(12)2)10-16(19)18-7-5-14(11-17)6-8-18/h3-4,9,14H,5-8,10-11H2,1-2H3. The van der Waals surface area contributed by atoms with Crippen LogP contribution in [0, 0.1) is 19.8 Å². The van der Waals surface area contributed by atoms with Crippen LogP contribution < -0.4 is 0 Å². The molecule has 0 bridgehead atoms. The minimum atomic E-state index is 0.247. The number of hydrogen-bond acceptors (Lipinski definition) is 1. The molecule has 19 heavy (non-hydrogen) atoms. The predicted octanol–water partition coefficient (Wildman–Crippen LogP) is 3.32. The van der Waals surface area contributed by atoms with Crippen LogP contribution in [-0.2, 0) is 11.2 Å². The van der Waals surface area contributed by atoms with Gasteiger partial charge in [-0.25, -0.2) is 0 Å². The molecule has 0 aliphatic carbocycles. The first-order chi connectivity index (χ1) is 9.10. The first-order valence-electron chi connectivity index (χ1n) is 7.00. The van der Waals surface area contributed by atoms with E-state index in [0.29, 0.717) is 12.3 Å². The smallest absolute Gasteiger partial charge is 0.226 e. The molecule has 1 saturated heterocycles. The zero-order valence-electron chi connectivity index (χ0n) is 11.8. The summed E-state index contributed by atoms with van der Waals surface area (Å²) in [5.74, 6) is 1.56. The van der Waals surface area contributed by atoms with Crippen molar-refractivity contribution in [1.29, 1.82) is 0 Å². The van der Waals surface area contributed by atoms with E-state index < -0.39 is 0 Å². The monoisotopic (exact) mass is 279 g/mol. The SMILES string of the molecule is Cc1ccc(CC(=O)N2CCC(CCl)CC2)cc1C. The van der Waals surface area contributed by atoms with Crippen molar-refractivity contribution >= 4 is 17.5 Å². The molecule has 1 amide bonds. The molecule has 0 aromatic heterocycles. The largest absolute Gasteiger partial charge is 0.342 e. The first kappa shape index (κ1) is 14.4. The third-order valence-corrected chi connectivity index (χ3v) is 4.55. The minimum Gasteiger partial charge on any atom is -0.342 e. The Morgan fingerprint density at radius 1 is 1.26 bits per heavy atom. The highest BCUT2D eigenvalue weighted by Crippen LogP contribution is 2.19. The maximum Gasteiger partial charge on any atom is 0.226 e. The Labute approximate surface area is 120 Å². The van der Waals surface area contributed by atoms with E-state index in [4.69, 9.17) is 11.6 Å². The number of piperidine rings is 1. The molecule has 0 radical (unpaired) electrons. The van der Waals surface area contributed by atoms with Gasteiger partial charge in [-0.2, -0.15) is 0 Å². The number of alkyl halides is 1. The van der Waals surface area contributed by atoms with Crippen molar-refractivity contribution in [3.8, 4) is 0 Å². The van der Waals surface area contributed by atoms with Crippen LogP contribution in [0.25, 0.3) is 0 Å². The van der Waals surface area contributed by atoms with Gasteiger partial charge in [0.15, 0.2) is 0 Å². The summed E-state index contributed by atoms with van der Waals surface area (Å²) in [5, 5.41) is 0. The fourth-order valence-corrected chi connectivity index (χ4v) is 2.85. The van der Waals surface area contributed by atoms with Gasteiger partial charge in [0.1, 0.15) is 0 Å². The number of benzene rings is 1. The molecular formula is C16H22ClNO. The molecule has 1 aliphatic rings. The molecule has 0 spiro atoms. The van der Waals surface area contributed by atoms with E-state index in [1.807, 2.05) is 4.90 Å². The lowest BCUT2D eigenvalue weighted by atomic mass is 9.98. The van der Waals surface area contributed by atoms with Crippen LogP contribution in [0.3, 0.4) is 0 Å². The normalized spacial score (nSPS) is 16.7. The van der Waals surface area contributed by atoms with Crippen LogP contribution in [-0.4, -0.2) is 29.8 Å². The number of carbonyl (C=O) groups excluding carboxylic acids is 1. The van der Waals surface area contributed by atoms with Crippen molar-refractivity contribution in [3.63, 3.8) is 0 Å². The highest BCUT2D eigenvalue weighted by atomic mass is 35.5. The zero-order valence-corrected chi connectivity index (χ0v) is 12.5. The summed E-state index contributed by atoms with van der Waals surface area (Å²) in [6.07, 6.45) is 2.61. The van der Waals surface area contributed by atoms with Crippen LogP contribution in [0.5, 0.6) is 0 Å². The topological polar surface area (TPSA) is 20.3 Å². The average molecular weight is 280 g/mol. The lowest BCUT2D eigenvalue weighted by Gasteiger charge is -2.31. The van der Waals surface area contributed by atoms with E-state index in [1.54, 1.807) is 0 Å². The fraction of sp³-hybridized carbons (Fsp3) is 0.562. The van der Waals surface area contributed by atoms with Gasteiger partial charge in [0.05, 0.1) is 6.42 Å². The van der Waals surface area contributed by atoms with Gasteiger partial charge in [-0.1, -0.05) is 18.2 Å². The molecule has 1 fully saturated rings. The molecule has 104 valence electrons. The van der Waals surface area contributed by atoms with Gasteiger partial charge in [0.25, 0.3) is 0 Å². The molecule has 0 atom stereocenters. The third kappa shape index (κ3) is 3.73. The quantitative estimate of drug-likeness (QED) is 0.777. The van der Waals surface area contributed by atoms with Crippen molar-refractivity contribution in [3.05, 3.63) is 34.9 Å². The van der Waals surface area contributed by atoms with Crippen molar-refractivity contribution in [1.82, 2.24) is 4.90 Å². The molecule has 1 aliphatic heterocycles. The maximum atomic E-state index is 12.3. The van der Waals surface area contributed by atoms with Gasteiger partial charge in [0, 0.05) is 19.0 Å². The first-order valence-corrected chi connectivity index (χ1v) is 7.53. The van der Waals surface area contributed by atoms with E-state index in [1.165, 1.54) is 11.1 Å². The molecule has 0 saturated carbocycles. The van der Waals surface area contributed by atoms with Crippen molar-refractivity contribution in [2.24, 2.45) is 5.92 Å². The summed E-state index contributed by atoms with van der Waals surface area (Å²) in [6, 6.07) is 6.28. The molecular weight excluding hydrogens is 258 g/mol. The zero-order chi connectivity index (χ0) is 13.8. The Balaban J connectivity index is 1.92. The highest BCUT2D eigenvalue weighted by Gasteiger charge is 2.22. The number of hydrogen-bond donors (Lipinski definition) is 0. The number of rotatable bonds is 3.